The van der Waals surface area contributed by atoms with Gasteiger partial charge in [0.15, 0.2) is 5.16 Å². The molecule has 1 aromatic carbocycles. The number of thioether (sulfide) groups is 1. The van der Waals surface area contributed by atoms with Crippen molar-refractivity contribution in [2.45, 2.75) is 63.9 Å². The van der Waals surface area contributed by atoms with Gasteiger partial charge in [-0.15, -0.1) is 10.2 Å². The van der Waals surface area contributed by atoms with E-state index < -0.39 is 0 Å². The minimum absolute atomic E-state index is 0.000616. The molecule has 6 heteroatoms. The van der Waals surface area contributed by atoms with Crippen LogP contribution in [0.5, 0.6) is 0 Å². The Bertz CT molecular complexity index is 931. The van der Waals surface area contributed by atoms with E-state index >= 15 is 0 Å². The first-order valence-corrected chi connectivity index (χ1v) is 12.3. The Hall–Kier alpha value is -1.82. The molecule has 0 atom stereocenters. The molecule has 1 N–H and O–H groups in total. The number of carbonyl (C=O) groups is 1. The molecule has 4 aliphatic rings. The van der Waals surface area contributed by atoms with Crippen LogP contribution >= 0.6 is 11.8 Å². The van der Waals surface area contributed by atoms with Crippen LogP contribution in [0.4, 0.5) is 5.69 Å². The Morgan fingerprint density at radius 3 is 2.47 bits per heavy atom. The smallest absolute Gasteiger partial charge is 0.234 e. The lowest BCUT2D eigenvalue weighted by Crippen LogP contribution is -2.47. The molecule has 2 aromatic rings. The summed E-state index contributed by atoms with van der Waals surface area (Å²) < 4.78 is 2.12. The van der Waals surface area contributed by atoms with Gasteiger partial charge in [0.2, 0.25) is 5.91 Å². The van der Waals surface area contributed by atoms with Gasteiger partial charge < -0.3 is 9.88 Å². The molecule has 1 aromatic heterocycles. The van der Waals surface area contributed by atoms with Crippen LogP contribution in [0.25, 0.3) is 0 Å². The lowest BCUT2D eigenvalue weighted by Gasteiger charge is -2.56. The summed E-state index contributed by atoms with van der Waals surface area (Å²) in [4.78, 5) is 12.5. The molecule has 0 unspecified atom stereocenters. The van der Waals surface area contributed by atoms with Crippen molar-refractivity contribution in [2.75, 3.05) is 11.1 Å². The second-order valence-corrected chi connectivity index (χ2v) is 11.1. The third-order valence-electron chi connectivity index (χ3n) is 7.62. The van der Waals surface area contributed by atoms with Crippen LogP contribution in [-0.4, -0.2) is 26.4 Å². The van der Waals surface area contributed by atoms with Gasteiger partial charge in [0.25, 0.3) is 0 Å². The molecular formula is C24H32N4OS. The monoisotopic (exact) mass is 424 g/mol. The highest BCUT2D eigenvalue weighted by Gasteiger charge is 2.51. The number of benzene rings is 1. The molecule has 160 valence electrons. The van der Waals surface area contributed by atoms with E-state index in [0.717, 1.165) is 52.0 Å². The van der Waals surface area contributed by atoms with E-state index in [0.29, 0.717) is 11.2 Å². The van der Waals surface area contributed by atoms with Gasteiger partial charge in [0, 0.05) is 19.2 Å². The highest BCUT2D eigenvalue weighted by Crippen LogP contribution is 2.60. The Morgan fingerprint density at radius 1 is 1.13 bits per heavy atom. The maximum absolute atomic E-state index is 12.5. The zero-order valence-corrected chi connectivity index (χ0v) is 19.1. The highest BCUT2D eigenvalue weighted by molar-refractivity contribution is 7.99. The molecule has 1 heterocycles. The summed E-state index contributed by atoms with van der Waals surface area (Å²) in [6, 6.07) is 6.12. The highest BCUT2D eigenvalue weighted by atomic mass is 32.2. The first-order valence-electron chi connectivity index (χ1n) is 11.3. The van der Waals surface area contributed by atoms with Crippen molar-refractivity contribution in [3.8, 4) is 0 Å². The lowest BCUT2D eigenvalue weighted by molar-refractivity contribution is -0.113. The number of rotatable bonds is 6. The number of aryl methyl sites for hydroxylation is 2. The molecule has 6 rings (SSSR count). The van der Waals surface area contributed by atoms with Gasteiger partial charge >= 0.3 is 0 Å². The van der Waals surface area contributed by atoms with E-state index in [1.165, 1.54) is 50.3 Å². The van der Waals surface area contributed by atoms with Crippen molar-refractivity contribution >= 4 is 23.4 Å². The standard InChI is InChI=1S/C24H32N4OS/c1-15-4-5-16(2)20(6-15)25-22(29)14-30-23-27-26-21(28(23)3)13-24-10-17-7-18(11-24)9-19(8-17)12-24/h4-6,17-19H,7-14H2,1-3H3,(H,25,29). The fourth-order valence-corrected chi connectivity index (χ4v) is 7.38. The SMILES string of the molecule is Cc1ccc(C)c(NC(=O)CSc2nnc(CC34CC5CC(CC(C5)C3)C4)n2C)c1. The van der Waals surface area contributed by atoms with Crippen LogP contribution in [0, 0.1) is 37.0 Å². The molecule has 4 saturated carbocycles. The van der Waals surface area contributed by atoms with E-state index in [4.69, 9.17) is 0 Å². The predicted octanol–water partition coefficient (Wildman–Crippen LogP) is 4.92. The van der Waals surface area contributed by atoms with Crippen molar-refractivity contribution in [3.63, 3.8) is 0 Å². The minimum atomic E-state index is -0.000616. The number of anilines is 1. The maximum atomic E-state index is 12.5. The number of nitrogens with one attached hydrogen (secondary N) is 1. The van der Waals surface area contributed by atoms with Crippen LogP contribution in [0.2, 0.25) is 0 Å². The molecule has 5 nitrogen and oxygen atoms in total. The third kappa shape index (κ3) is 3.91. The van der Waals surface area contributed by atoms with Crippen molar-refractivity contribution in [3.05, 3.63) is 35.2 Å². The van der Waals surface area contributed by atoms with Gasteiger partial charge in [-0.25, -0.2) is 0 Å². The van der Waals surface area contributed by atoms with Gasteiger partial charge in [-0.05, 0) is 92.7 Å². The first kappa shape index (κ1) is 20.1. The number of amides is 1. The van der Waals surface area contributed by atoms with Crippen LogP contribution in [0.1, 0.15) is 55.5 Å². The molecule has 4 fully saturated rings. The molecule has 4 aliphatic carbocycles. The van der Waals surface area contributed by atoms with Crippen LogP contribution in [0.15, 0.2) is 23.4 Å². The summed E-state index contributed by atoms with van der Waals surface area (Å²) >= 11 is 1.47. The van der Waals surface area contributed by atoms with Gasteiger partial charge in [0.05, 0.1) is 5.75 Å². The van der Waals surface area contributed by atoms with Gasteiger partial charge in [-0.2, -0.15) is 0 Å². The zero-order valence-electron chi connectivity index (χ0n) is 18.3. The van der Waals surface area contributed by atoms with Crippen molar-refractivity contribution in [2.24, 2.45) is 30.2 Å². The van der Waals surface area contributed by atoms with Crippen LogP contribution < -0.4 is 5.32 Å². The zero-order chi connectivity index (χ0) is 20.9. The van der Waals surface area contributed by atoms with E-state index in [-0.39, 0.29) is 5.91 Å². The number of carbonyl (C=O) groups excluding carboxylic acids is 1. The topological polar surface area (TPSA) is 59.8 Å². The lowest BCUT2D eigenvalue weighted by atomic mass is 9.49. The Labute approximate surface area is 183 Å². The van der Waals surface area contributed by atoms with Crippen molar-refractivity contribution in [1.29, 1.82) is 0 Å². The summed E-state index contributed by atoms with van der Waals surface area (Å²) in [5, 5.41) is 12.8. The molecule has 0 radical (unpaired) electrons. The largest absolute Gasteiger partial charge is 0.325 e. The molecule has 0 spiro atoms. The summed E-state index contributed by atoms with van der Waals surface area (Å²) in [6.07, 6.45) is 9.60. The maximum Gasteiger partial charge on any atom is 0.234 e. The van der Waals surface area contributed by atoms with E-state index in [2.05, 4.69) is 33.2 Å². The molecule has 0 aliphatic heterocycles. The average molecular weight is 425 g/mol. The predicted molar refractivity (Wildman–Crippen MR) is 121 cm³/mol. The fourth-order valence-electron chi connectivity index (χ4n) is 6.65. The van der Waals surface area contributed by atoms with E-state index in [9.17, 15) is 4.79 Å². The normalized spacial score (nSPS) is 29.4. The molecular weight excluding hydrogens is 392 g/mol. The summed E-state index contributed by atoms with van der Waals surface area (Å²) in [6.45, 7) is 4.05. The first-order chi connectivity index (χ1) is 14.4. The third-order valence-corrected chi connectivity index (χ3v) is 8.64. The second-order valence-electron chi connectivity index (χ2n) is 10.2. The average Bonchev–Trinajstić information content (AvgIpc) is 3.01. The van der Waals surface area contributed by atoms with Crippen LogP contribution in [-0.2, 0) is 18.3 Å². The second kappa shape index (κ2) is 7.70. The quantitative estimate of drug-likeness (QED) is 0.669. The Kier molecular flexibility index (Phi) is 5.16. The van der Waals surface area contributed by atoms with E-state index in [1.807, 2.05) is 26.0 Å². The molecule has 0 saturated heterocycles. The Morgan fingerprint density at radius 2 is 1.80 bits per heavy atom. The van der Waals surface area contributed by atoms with Crippen molar-refractivity contribution < 1.29 is 4.79 Å². The van der Waals surface area contributed by atoms with E-state index in [1.54, 1.807) is 0 Å². The molecule has 30 heavy (non-hydrogen) atoms. The number of aromatic nitrogens is 3. The molecule has 1 amide bonds. The minimum Gasteiger partial charge on any atom is -0.325 e. The van der Waals surface area contributed by atoms with Gasteiger partial charge in [-0.3, -0.25) is 4.79 Å². The summed E-state index contributed by atoms with van der Waals surface area (Å²) in [5.41, 5.74) is 3.57. The summed E-state index contributed by atoms with van der Waals surface area (Å²) in [5.74, 6) is 4.29. The van der Waals surface area contributed by atoms with Crippen molar-refractivity contribution in [1.82, 2.24) is 14.8 Å². The van der Waals surface area contributed by atoms with Crippen LogP contribution in [0.3, 0.4) is 0 Å². The Balaban J connectivity index is 1.21. The van der Waals surface area contributed by atoms with Gasteiger partial charge in [-0.1, -0.05) is 23.9 Å². The number of hydrogen-bond acceptors (Lipinski definition) is 4. The number of nitrogens with zero attached hydrogens (tertiary/aromatic N) is 3. The molecule has 4 bridgehead atoms. The summed E-state index contributed by atoms with van der Waals surface area (Å²) in [7, 11) is 2.06. The fraction of sp³-hybridized carbons (Fsp3) is 0.625. The van der Waals surface area contributed by atoms with Gasteiger partial charge in [0.1, 0.15) is 5.82 Å². The number of hydrogen-bond donors (Lipinski definition) is 1.